The van der Waals surface area contributed by atoms with Gasteiger partial charge in [0.2, 0.25) is 0 Å². The highest BCUT2D eigenvalue weighted by Gasteiger charge is 2.16. The molecule has 0 unspecified atom stereocenters. The quantitative estimate of drug-likeness (QED) is 0.626. The molecule has 2 heterocycles. The summed E-state index contributed by atoms with van der Waals surface area (Å²) in [6.07, 6.45) is 3.22. The average Bonchev–Trinajstić information content (AvgIpc) is 2.82. The topological polar surface area (TPSA) is 83.0 Å². The van der Waals surface area contributed by atoms with E-state index in [9.17, 15) is 23.7 Å². The molecule has 0 fully saturated rings. The Hall–Kier alpha value is -2.10. The van der Waals surface area contributed by atoms with Crippen molar-refractivity contribution in [2.45, 2.75) is 13.1 Å². The van der Waals surface area contributed by atoms with Gasteiger partial charge in [0.25, 0.3) is 11.2 Å². The van der Waals surface area contributed by atoms with E-state index in [4.69, 9.17) is 0 Å². The third kappa shape index (κ3) is 2.74. The van der Waals surface area contributed by atoms with E-state index in [1.165, 1.54) is 6.20 Å². The number of alkyl halides is 2. The lowest BCUT2D eigenvalue weighted by molar-refractivity contribution is -0.385. The van der Waals surface area contributed by atoms with E-state index in [-0.39, 0.29) is 22.5 Å². The summed E-state index contributed by atoms with van der Waals surface area (Å²) < 4.78 is 26.8. The molecule has 0 aliphatic rings. The van der Waals surface area contributed by atoms with Gasteiger partial charge >= 0.3 is 6.55 Å². The van der Waals surface area contributed by atoms with Crippen LogP contribution < -0.4 is 5.56 Å². The number of nitro groups is 1. The summed E-state index contributed by atoms with van der Waals surface area (Å²) >= 11 is 2.90. The van der Waals surface area contributed by atoms with Gasteiger partial charge in [-0.05, 0) is 15.9 Å². The molecule has 0 saturated carbocycles. The molecule has 0 aliphatic heterocycles. The van der Waals surface area contributed by atoms with Crippen molar-refractivity contribution in [3.05, 3.63) is 55.4 Å². The van der Waals surface area contributed by atoms with E-state index in [1.54, 1.807) is 0 Å². The molecule has 0 saturated heterocycles. The number of pyridine rings is 1. The van der Waals surface area contributed by atoms with E-state index in [0.717, 1.165) is 23.0 Å². The van der Waals surface area contributed by atoms with E-state index < -0.39 is 17.0 Å². The van der Waals surface area contributed by atoms with Crippen LogP contribution in [0.2, 0.25) is 0 Å². The predicted octanol–water partition coefficient (Wildman–Crippen LogP) is 2.16. The lowest BCUT2D eigenvalue weighted by Gasteiger charge is -2.08. The van der Waals surface area contributed by atoms with Crippen molar-refractivity contribution in [3.63, 3.8) is 0 Å². The van der Waals surface area contributed by atoms with Crippen molar-refractivity contribution in [2.75, 3.05) is 0 Å². The number of aromatic nitrogens is 3. The fourth-order valence-corrected chi connectivity index (χ4v) is 2.06. The normalized spacial score (nSPS) is 11.0. The molecule has 20 heavy (non-hydrogen) atoms. The molecule has 2 rings (SSSR count). The summed E-state index contributed by atoms with van der Waals surface area (Å²) in [6, 6.07) is 1.05. The molecule has 0 aliphatic carbocycles. The van der Waals surface area contributed by atoms with Gasteiger partial charge in [-0.2, -0.15) is 8.78 Å². The zero-order chi connectivity index (χ0) is 14.9. The van der Waals surface area contributed by atoms with Gasteiger partial charge in [-0.3, -0.25) is 19.5 Å². The first-order valence-corrected chi connectivity index (χ1v) is 6.03. The minimum absolute atomic E-state index is 0.0261. The molecule has 0 N–H and O–H groups in total. The third-order valence-electron chi connectivity index (χ3n) is 2.51. The van der Waals surface area contributed by atoms with Crippen LogP contribution in [0.15, 0.2) is 33.9 Å². The molecule has 2 aromatic heterocycles. The number of hydrogen-bond donors (Lipinski definition) is 0. The highest BCUT2D eigenvalue weighted by molar-refractivity contribution is 9.10. The van der Waals surface area contributed by atoms with Gasteiger partial charge in [0.15, 0.2) is 0 Å². The zero-order valence-corrected chi connectivity index (χ0v) is 11.3. The monoisotopic (exact) mass is 348 g/mol. The Kier molecular flexibility index (Phi) is 3.93. The smallest absolute Gasteiger partial charge is 0.300 e. The Labute approximate surface area is 118 Å². The maximum Gasteiger partial charge on any atom is 0.319 e. The molecule has 0 bridgehead atoms. The van der Waals surface area contributed by atoms with Gasteiger partial charge < -0.3 is 4.57 Å². The van der Waals surface area contributed by atoms with Crippen LogP contribution >= 0.6 is 15.9 Å². The Morgan fingerprint density at radius 3 is 2.80 bits per heavy atom. The molecule has 0 amide bonds. The van der Waals surface area contributed by atoms with Crippen molar-refractivity contribution in [3.8, 4) is 0 Å². The standard InChI is InChI=1S/C10H7BrF2N4O3/c11-7-3-6(17(19)20)4-15(9(7)18)5-8-14-1-2-16(8)10(12)13/h1-4,10H,5H2. The van der Waals surface area contributed by atoms with Crippen molar-refractivity contribution in [1.29, 1.82) is 0 Å². The summed E-state index contributed by atoms with van der Waals surface area (Å²) in [5.41, 5.74) is -0.897. The number of nitrogens with zero attached hydrogens (tertiary/aromatic N) is 4. The molecule has 106 valence electrons. The van der Waals surface area contributed by atoms with Crippen molar-refractivity contribution in [1.82, 2.24) is 14.1 Å². The van der Waals surface area contributed by atoms with E-state index in [1.807, 2.05) is 0 Å². The maximum atomic E-state index is 12.7. The first-order valence-electron chi connectivity index (χ1n) is 5.24. The summed E-state index contributed by atoms with van der Waals surface area (Å²) in [6.45, 7) is -3.10. The summed E-state index contributed by atoms with van der Waals surface area (Å²) in [7, 11) is 0. The van der Waals surface area contributed by atoms with E-state index >= 15 is 0 Å². The molecule has 0 aromatic carbocycles. The van der Waals surface area contributed by atoms with Crippen LogP contribution in [0.1, 0.15) is 12.4 Å². The van der Waals surface area contributed by atoms with Gasteiger partial charge in [0.05, 0.1) is 22.1 Å². The maximum absolute atomic E-state index is 12.7. The summed E-state index contributed by atoms with van der Waals surface area (Å²) in [5, 5.41) is 10.7. The van der Waals surface area contributed by atoms with Crippen LogP contribution in [0, 0.1) is 10.1 Å². The summed E-state index contributed by atoms with van der Waals surface area (Å²) in [4.78, 5) is 25.6. The second-order valence-electron chi connectivity index (χ2n) is 3.76. The number of rotatable bonds is 4. The van der Waals surface area contributed by atoms with Crippen LogP contribution in [0.25, 0.3) is 0 Å². The second-order valence-corrected chi connectivity index (χ2v) is 4.62. The van der Waals surface area contributed by atoms with Crippen LogP contribution in [-0.2, 0) is 6.54 Å². The van der Waals surface area contributed by atoms with Gasteiger partial charge in [0.1, 0.15) is 5.82 Å². The Balaban J connectivity index is 2.45. The largest absolute Gasteiger partial charge is 0.319 e. The molecule has 0 spiro atoms. The van der Waals surface area contributed by atoms with Crippen molar-refractivity contribution in [2.24, 2.45) is 0 Å². The Morgan fingerprint density at radius 1 is 1.50 bits per heavy atom. The van der Waals surface area contributed by atoms with Crippen LogP contribution in [-0.4, -0.2) is 19.0 Å². The Morgan fingerprint density at radius 2 is 2.20 bits per heavy atom. The van der Waals surface area contributed by atoms with Crippen molar-refractivity contribution >= 4 is 21.6 Å². The fourth-order valence-electron chi connectivity index (χ4n) is 1.60. The lowest BCUT2D eigenvalue weighted by Crippen LogP contribution is -2.23. The third-order valence-corrected chi connectivity index (χ3v) is 3.08. The molecule has 2 aromatic rings. The first kappa shape index (κ1) is 14.3. The van der Waals surface area contributed by atoms with Gasteiger partial charge in [-0.1, -0.05) is 0 Å². The zero-order valence-electron chi connectivity index (χ0n) is 9.74. The predicted molar refractivity (Wildman–Crippen MR) is 67.6 cm³/mol. The van der Waals surface area contributed by atoms with Crippen LogP contribution in [0.5, 0.6) is 0 Å². The minimum atomic E-state index is -2.80. The fraction of sp³-hybridized carbons (Fsp3) is 0.200. The first-order chi connectivity index (χ1) is 9.40. The van der Waals surface area contributed by atoms with Gasteiger partial charge in [-0.15, -0.1) is 0 Å². The van der Waals surface area contributed by atoms with Crippen LogP contribution in [0.4, 0.5) is 14.5 Å². The lowest BCUT2D eigenvalue weighted by atomic mass is 10.4. The van der Waals surface area contributed by atoms with Gasteiger partial charge in [-0.25, -0.2) is 4.98 Å². The molecular formula is C10H7BrF2N4O3. The van der Waals surface area contributed by atoms with Gasteiger partial charge in [0, 0.05) is 18.5 Å². The number of hydrogen-bond acceptors (Lipinski definition) is 4. The van der Waals surface area contributed by atoms with Crippen molar-refractivity contribution < 1.29 is 13.7 Å². The molecule has 7 nitrogen and oxygen atoms in total. The molecule has 0 radical (unpaired) electrons. The minimum Gasteiger partial charge on any atom is -0.300 e. The second kappa shape index (κ2) is 5.49. The van der Waals surface area contributed by atoms with Crippen LogP contribution in [0.3, 0.4) is 0 Å². The number of imidazole rings is 1. The Bertz CT molecular complexity index is 713. The average molecular weight is 349 g/mol. The molecule has 0 atom stereocenters. The van der Waals surface area contributed by atoms with E-state index in [2.05, 4.69) is 20.9 Å². The molecule has 10 heteroatoms. The SMILES string of the molecule is O=c1c(Br)cc([N+](=O)[O-])cn1Cc1nccn1C(F)F. The summed E-state index contributed by atoms with van der Waals surface area (Å²) in [5.74, 6) is -0.0745. The number of halogens is 3. The highest BCUT2D eigenvalue weighted by Crippen LogP contribution is 2.16. The molecular weight excluding hydrogens is 342 g/mol. The van der Waals surface area contributed by atoms with E-state index in [0.29, 0.717) is 4.57 Å². The highest BCUT2D eigenvalue weighted by atomic mass is 79.9.